The van der Waals surface area contributed by atoms with Crippen molar-refractivity contribution in [2.75, 3.05) is 53.7 Å². The van der Waals surface area contributed by atoms with Crippen LogP contribution >= 0.6 is 0 Å². The Kier molecular flexibility index (Phi) is 7.67. The molecule has 7 N–H and O–H groups in total. The van der Waals surface area contributed by atoms with E-state index in [0.717, 1.165) is 0 Å². The zero-order valence-electron chi connectivity index (χ0n) is 24.0. The standard InChI is InChI=1S/C28H37N5O8/c1-31(2)11-17(34)30-10-13-9-16(32(3)4)14-7-12-8-15-21(33(5)6)24(37)20(27(29)40)26(39)28(15,41)25(38)18(12)23(36)19(14)22(13)35/h9,12,15,21,35-36,39,41H,7-8,10-11H2,1-6H3,(H2,29,40)(H,30,34)/t12-,15-,21?,28+/m0/s1. The highest BCUT2D eigenvalue weighted by molar-refractivity contribution is 6.24. The van der Waals surface area contributed by atoms with Crippen LogP contribution in [-0.4, -0.2) is 114 Å². The van der Waals surface area contributed by atoms with E-state index in [0.29, 0.717) is 16.8 Å². The third-order valence-corrected chi connectivity index (χ3v) is 8.19. The fraction of sp³-hybridized carbons (Fsp3) is 0.500. The van der Waals surface area contributed by atoms with Gasteiger partial charge in [-0.3, -0.25) is 24.1 Å². The SMILES string of the molecule is CN(C)CC(=O)NCc1cc(N(C)C)c2c(c1O)C(O)=C1C(=O)[C@@]3(O)C(O)=C(C(N)=O)C(=O)C(N(C)C)[C@@H]3C[C@@H]1C2. The number of phenols is 1. The first-order valence-corrected chi connectivity index (χ1v) is 13.1. The molecule has 4 rings (SSSR count). The number of ketones is 2. The minimum absolute atomic E-state index is 0.00172. The summed E-state index contributed by atoms with van der Waals surface area (Å²) in [5.41, 5.74) is 3.01. The lowest BCUT2D eigenvalue weighted by Crippen LogP contribution is -2.65. The maximum absolute atomic E-state index is 14.0. The zero-order valence-corrected chi connectivity index (χ0v) is 24.0. The number of primary amides is 1. The third kappa shape index (κ3) is 4.63. The number of Topliss-reactive ketones (excluding diaryl/α,β-unsaturated/α-hetero) is 2. The van der Waals surface area contributed by atoms with E-state index < -0.39 is 58.0 Å². The second-order valence-electron chi connectivity index (χ2n) is 11.6. The first-order valence-electron chi connectivity index (χ1n) is 13.1. The van der Waals surface area contributed by atoms with Crippen molar-refractivity contribution in [3.8, 4) is 5.75 Å². The number of benzene rings is 1. The number of rotatable bonds is 7. The van der Waals surface area contributed by atoms with Crippen molar-refractivity contribution < 1.29 is 39.6 Å². The number of anilines is 1. The summed E-state index contributed by atoms with van der Waals surface area (Å²) in [5.74, 6) is -7.34. The highest BCUT2D eigenvalue weighted by Gasteiger charge is 2.64. The minimum atomic E-state index is -2.71. The molecule has 222 valence electrons. The van der Waals surface area contributed by atoms with Crippen LogP contribution in [0.4, 0.5) is 5.69 Å². The molecular formula is C28H37N5O8. The van der Waals surface area contributed by atoms with Gasteiger partial charge in [0, 0.05) is 43.4 Å². The number of amides is 2. The fourth-order valence-electron chi connectivity index (χ4n) is 6.42. The summed E-state index contributed by atoms with van der Waals surface area (Å²) < 4.78 is 0. The summed E-state index contributed by atoms with van der Waals surface area (Å²) in [6.07, 6.45) is 0.171. The highest BCUT2D eigenvalue weighted by Crippen LogP contribution is 2.54. The quantitative estimate of drug-likeness (QED) is 0.224. The first-order chi connectivity index (χ1) is 19.0. The van der Waals surface area contributed by atoms with Gasteiger partial charge in [0.1, 0.15) is 22.8 Å². The van der Waals surface area contributed by atoms with Gasteiger partial charge in [0.15, 0.2) is 11.4 Å². The average Bonchev–Trinajstić information content (AvgIpc) is 2.84. The molecule has 0 heterocycles. The lowest BCUT2D eigenvalue weighted by atomic mass is 9.57. The molecule has 0 spiro atoms. The summed E-state index contributed by atoms with van der Waals surface area (Å²) in [5, 5.41) is 48.3. The number of phenolic OH excluding ortho intramolecular Hbond substituents is 1. The van der Waals surface area contributed by atoms with Crippen molar-refractivity contribution >= 4 is 34.8 Å². The molecule has 0 radical (unpaired) electrons. The van der Waals surface area contributed by atoms with E-state index in [1.807, 2.05) is 0 Å². The van der Waals surface area contributed by atoms with Crippen LogP contribution in [0.15, 0.2) is 23.0 Å². The topological polar surface area (TPSA) is 197 Å². The van der Waals surface area contributed by atoms with Crippen LogP contribution in [0.3, 0.4) is 0 Å². The molecule has 1 unspecified atom stereocenters. The van der Waals surface area contributed by atoms with Gasteiger partial charge in [0.05, 0.1) is 18.2 Å². The molecule has 0 saturated heterocycles. The van der Waals surface area contributed by atoms with Crippen LogP contribution in [0.25, 0.3) is 5.76 Å². The molecule has 0 aliphatic heterocycles. The van der Waals surface area contributed by atoms with E-state index in [1.165, 1.54) is 4.90 Å². The summed E-state index contributed by atoms with van der Waals surface area (Å²) in [6.45, 7) is 0.0645. The Morgan fingerprint density at radius 1 is 1.10 bits per heavy atom. The Hall–Kier alpha value is -3.94. The monoisotopic (exact) mass is 571 g/mol. The Bertz CT molecular complexity index is 1410. The maximum Gasteiger partial charge on any atom is 0.255 e. The van der Waals surface area contributed by atoms with Gasteiger partial charge in [-0.15, -0.1) is 0 Å². The zero-order chi connectivity index (χ0) is 30.7. The lowest BCUT2D eigenvalue weighted by molar-refractivity contribution is -0.153. The average molecular weight is 572 g/mol. The van der Waals surface area contributed by atoms with Gasteiger partial charge in [-0.05, 0) is 58.6 Å². The van der Waals surface area contributed by atoms with Gasteiger partial charge < -0.3 is 41.3 Å². The second kappa shape index (κ2) is 10.5. The van der Waals surface area contributed by atoms with Crippen molar-refractivity contribution in [1.82, 2.24) is 15.1 Å². The second-order valence-corrected chi connectivity index (χ2v) is 11.6. The van der Waals surface area contributed by atoms with Crippen LogP contribution in [0, 0.1) is 11.8 Å². The molecule has 3 aliphatic carbocycles. The van der Waals surface area contributed by atoms with Crippen LogP contribution in [0.2, 0.25) is 0 Å². The number of nitrogens with one attached hydrogen (secondary N) is 1. The van der Waals surface area contributed by atoms with Crippen LogP contribution < -0.4 is 16.0 Å². The number of hydrogen-bond donors (Lipinski definition) is 6. The number of fused-ring (bicyclic) bond motifs is 3. The summed E-state index contributed by atoms with van der Waals surface area (Å²) >= 11 is 0. The molecule has 1 saturated carbocycles. The van der Waals surface area contributed by atoms with E-state index >= 15 is 0 Å². The van der Waals surface area contributed by atoms with Gasteiger partial charge in [-0.2, -0.15) is 0 Å². The van der Waals surface area contributed by atoms with Gasteiger partial charge in [0.2, 0.25) is 11.7 Å². The summed E-state index contributed by atoms with van der Waals surface area (Å²) in [7, 11) is 10.1. The summed E-state index contributed by atoms with van der Waals surface area (Å²) in [6, 6.07) is 0.548. The van der Waals surface area contributed by atoms with E-state index in [2.05, 4.69) is 5.32 Å². The van der Waals surface area contributed by atoms with Crippen molar-refractivity contribution in [3.05, 3.63) is 39.7 Å². The smallest absolute Gasteiger partial charge is 0.255 e. The number of likely N-dealkylation sites (N-methyl/N-ethyl adjacent to an activating group) is 2. The molecule has 0 aromatic heterocycles. The lowest BCUT2D eigenvalue weighted by Gasteiger charge is -2.50. The number of nitrogens with two attached hydrogens (primary N) is 1. The minimum Gasteiger partial charge on any atom is -0.508 e. The van der Waals surface area contributed by atoms with Gasteiger partial charge in [-0.1, -0.05) is 0 Å². The molecule has 0 bridgehead atoms. The van der Waals surface area contributed by atoms with E-state index in [9.17, 15) is 39.6 Å². The number of aliphatic hydroxyl groups excluding tert-OH is 2. The van der Waals surface area contributed by atoms with E-state index in [1.54, 1.807) is 58.2 Å². The number of hydrogen-bond acceptors (Lipinski definition) is 11. The normalized spacial score (nSPS) is 25.7. The van der Waals surface area contributed by atoms with Gasteiger partial charge in [-0.25, -0.2) is 0 Å². The van der Waals surface area contributed by atoms with Crippen molar-refractivity contribution in [3.63, 3.8) is 0 Å². The predicted molar refractivity (Wildman–Crippen MR) is 149 cm³/mol. The summed E-state index contributed by atoms with van der Waals surface area (Å²) in [4.78, 5) is 56.6. The number of nitrogens with zero attached hydrogens (tertiary/aromatic N) is 3. The van der Waals surface area contributed by atoms with E-state index in [-0.39, 0.29) is 48.7 Å². The first kappa shape index (κ1) is 30.0. The molecular weight excluding hydrogens is 534 g/mol. The Morgan fingerprint density at radius 3 is 2.27 bits per heavy atom. The molecule has 1 fully saturated rings. The largest absolute Gasteiger partial charge is 0.508 e. The van der Waals surface area contributed by atoms with Gasteiger partial charge in [0.25, 0.3) is 5.91 Å². The molecule has 4 atom stereocenters. The highest BCUT2D eigenvalue weighted by atomic mass is 16.3. The molecule has 1 aromatic rings. The fourth-order valence-corrected chi connectivity index (χ4v) is 6.42. The van der Waals surface area contributed by atoms with E-state index in [4.69, 9.17) is 5.73 Å². The predicted octanol–water partition coefficient (Wildman–Crippen LogP) is -0.792. The Morgan fingerprint density at radius 2 is 1.73 bits per heavy atom. The Labute approximate surface area is 237 Å². The number of aromatic hydroxyl groups is 1. The van der Waals surface area contributed by atoms with Gasteiger partial charge >= 0.3 is 0 Å². The van der Waals surface area contributed by atoms with Crippen LogP contribution in [0.5, 0.6) is 5.75 Å². The third-order valence-electron chi connectivity index (χ3n) is 8.19. The molecule has 3 aliphatic rings. The molecule has 1 aromatic carbocycles. The Balaban J connectivity index is 1.90. The molecule has 41 heavy (non-hydrogen) atoms. The number of carbonyl (C=O) groups excluding carboxylic acids is 4. The van der Waals surface area contributed by atoms with Crippen LogP contribution in [-0.2, 0) is 32.1 Å². The maximum atomic E-state index is 14.0. The van der Waals surface area contributed by atoms with Crippen molar-refractivity contribution in [2.45, 2.75) is 31.0 Å². The number of aliphatic hydroxyl groups is 3. The van der Waals surface area contributed by atoms with Crippen molar-refractivity contribution in [2.24, 2.45) is 17.6 Å². The number of carbonyl (C=O) groups is 4. The van der Waals surface area contributed by atoms with Crippen LogP contribution in [0.1, 0.15) is 23.1 Å². The molecule has 2 amide bonds. The molecule has 13 heteroatoms. The molecule has 13 nitrogen and oxygen atoms in total. The van der Waals surface area contributed by atoms with Crippen molar-refractivity contribution in [1.29, 1.82) is 0 Å².